The van der Waals surface area contributed by atoms with Crippen LogP contribution in [0.25, 0.3) is 0 Å². The zero-order valence-corrected chi connectivity index (χ0v) is 10.8. The highest BCUT2D eigenvalue weighted by Gasteiger charge is 2.54. The Kier molecular flexibility index (Phi) is 2.48. The molecule has 1 aliphatic heterocycles. The van der Waals surface area contributed by atoms with Crippen molar-refractivity contribution in [3.8, 4) is 0 Å². The van der Waals surface area contributed by atoms with Crippen LogP contribution in [0.2, 0.25) is 5.02 Å². The van der Waals surface area contributed by atoms with Crippen LogP contribution in [-0.4, -0.2) is 37.3 Å². The molecule has 8 heteroatoms. The molecule has 0 spiro atoms. The fraction of sp³-hybridized carbons (Fsp3) is 0.667. The zero-order valence-electron chi connectivity index (χ0n) is 9.22. The van der Waals surface area contributed by atoms with Crippen LogP contribution in [-0.2, 0) is 17.1 Å². The number of aromatic nitrogens is 2. The van der Waals surface area contributed by atoms with Crippen molar-refractivity contribution >= 4 is 21.6 Å². The van der Waals surface area contributed by atoms with Gasteiger partial charge in [-0.05, 0) is 24.9 Å². The summed E-state index contributed by atoms with van der Waals surface area (Å²) in [5.41, 5.74) is 0. The molecule has 0 aromatic carbocycles. The van der Waals surface area contributed by atoms with Crippen molar-refractivity contribution in [2.45, 2.75) is 11.1 Å². The molecule has 0 bridgehead atoms. The molecular formula is C9H13ClN4O2S. The quantitative estimate of drug-likeness (QED) is 0.786. The molecule has 1 aliphatic carbocycles. The van der Waals surface area contributed by atoms with Gasteiger partial charge in [-0.2, -0.15) is 5.10 Å². The van der Waals surface area contributed by atoms with Gasteiger partial charge in [0.1, 0.15) is 0 Å². The van der Waals surface area contributed by atoms with Crippen molar-refractivity contribution in [3.63, 3.8) is 0 Å². The van der Waals surface area contributed by atoms with Gasteiger partial charge in [0.2, 0.25) is 0 Å². The van der Waals surface area contributed by atoms with Crippen molar-refractivity contribution in [1.29, 1.82) is 0 Å². The Bertz CT molecular complexity index is 526. The number of hydrogen-bond acceptors (Lipinski definition) is 4. The molecular weight excluding hydrogens is 264 g/mol. The summed E-state index contributed by atoms with van der Waals surface area (Å²) in [4.78, 5) is 0. The number of nitrogens with zero attached hydrogens (tertiary/aromatic N) is 2. The van der Waals surface area contributed by atoms with Crippen LogP contribution in [0.5, 0.6) is 0 Å². The highest BCUT2D eigenvalue weighted by molar-refractivity contribution is 7.89. The second-order valence-electron chi connectivity index (χ2n) is 4.55. The lowest BCUT2D eigenvalue weighted by atomic mass is 10.4. The smallest absolute Gasteiger partial charge is 0.259 e. The molecule has 2 N–H and O–H groups in total. The fourth-order valence-corrected chi connectivity index (χ4v) is 4.52. The summed E-state index contributed by atoms with van der Waals surface area (Å²) in [7, 11) is -2.00. The van der Waals surface area contributed by atoms with E-state index in [2.05, 4.69) is 15.1 Å². The first-order valence-corrected chi connectivity index (χ1v) is 7.27. The van der Waals surface area contributed by atoms with Gasteiger partial charge in [-0.1, -0.05) is 11.6 Å². The molecule has 6 nitrogen and oxygen atoms in total. The summed E-state index contributed by atoms with van der Waals surface area (Å²) in [6, 6.07) is 0.0483. The maximum absolute atomic E-state index is 12.1. The second-order valence-corrected chi connectivity index (χ2v) is 6.59. The molecule has 1 aromatic rings. The fourth-order valence-electron chi connectivity index (χ4n) is 2.53. The van der Waals surface area contributed by atoms with Crippen molar-refractivity contribution in [3.05, 3.63) is 11.2 Å². The largest absolute Gasteiger partial charge is 0.316 e. The minimum absolute atomic E-state index is 0.0390. The highest BCUT2D eigenvalue weighted by atomic mass is 35.5. The lowest BCUT2D eigenvalue weighted by Gasteiger charge is -2.09. The number of halogens is 1. The van der Waals surface area contributed by atoms with Crippen LogP contribution in [0.1, 0.15) is 0 Å². The number of fused-ring (bicyclic) bond motifs is 1. The Morgan fingerprint density at radius 1 is 1.53 bits per heavy atom. The third-order valence-corrected chi connectivity index (χ3v) is 5.44. The van der Waals surface area contributed by atoms with Crippen molar-refractivity contribution in [2.24, 2.45) is 18.9 Å². The number of nitrogens with one attached hydrogen (secondary N) is 2. The lowest BCUT2D eigenvalue weighted by molar-refractivity contribution is 0.550. The minimum atomic E-state index is -3.57. The van der Waals surface area contributed by atoms with E-state index < -0.39 is 10.0 Å². The molecule has 1 saturated carbocycles. The van der Waals surface area contributed by atoms with Crippen LogP contribution < -0.4 is 10.0 Å². The van der Waals surface area contributed by atoms with Gasteiger partial charge in [0.25, 0.3) is 10.0 Å². The van der Waals surface area contributed by atoms with Gasteiger partial charge in [0.05, 0.1) is 11.2 Å². The van der Waals surface area contributed by atoms with Crippen molar-refractivity contribution in [1.82, 2.24) is 19.8 Å². The Morgan fingerprint density at radius 3 is 2.71 bits per heavy atom. The maximum atomic E-state index is 12.1. The number of rotatable bonds is 3. The van der Waals surface area contributed by atoms with Crippen LogP contribution in [0.15, 0.2) is 11.2 Å². The first-order valence-electron chi connectivity index (χ1n) is 5.41. The van der Waals surface area contributed by atoms with Gasteiger partial charge in [-0.3, -0.25) is 4.68 Å². The van der Waals surface area contributed by atoms with Gasteiger partial charge in [-0.25, -0.2) is 13.1 Å². The van der Waals surface area contributed by atoms with Crippen LogP contribution in [0.4, 0.5) is 0 Å². The number of aryl methyl sites for hydroxylation is 1. The standard InChI is InChI=1S/C9H13ClN4O2S/c1-14-9(7(10)4-12-14)17(15,16)13-8-5-2-11-3-6(5)8/h4-6,8,11,13H,2-3H2,1H3. The summed E-state index contributed by atoms with van der Waals surface area (Å²) in [5.74, 6) is 0.855. The third kappa shape index (κ3) is 1.77. The van der Waals surface area contributed by atoms with E-state index in [9.17, 15) is 8.42 Å². The molecule has 2 heterocycles. The average molecular weight is 277 g/mol. The van der Waals surface area contributed by atoms with E-state index in [4.69, 9.17) is 11.6 Å². The first-order chi connectivity index (χ1) is 8.00. The maximum Gasteiger partial charge on any atom is 0.259 e. The number of piperidine rings is 1. The average Bonchev–Trinajstić information content (AvgIpc) is 2.68. The summed E-state index contributed by atoms with van der Waals surface area (Å²) in [5, 5.41) is 7.25. The zero-order chi connectivity index (χ0) is 12.2. The third-order valence-electron chi connectivity index (χ3n) is 3.48. The molecule has 1 aromatic heterocycles. The van der Waals surface area contributed by atoms with E-state index in [1.54, 1.807) is 7.05 Å². The summed E-state index contributed by atoms with van der Waals surface area (Å²) >= 11 is 5.84. The molecule has 2 unspecified atom stereocenters. The molecule has 17 heavy (non-hydrogen) atoms. The topological polar surface area (TPSA) is 76.0 Å². The van der Waals surface area contributed by atoms with E-state index in [-0.39, 0.29) is 16.1 Å². The summed E-state index contributed by atoms with van der Waals surface area (Å²) in [6.45, 7) is 1.77. The molecule has 0 radical (unpaired) electrons. The van der Waals surface area contributed by atoms with Gasteiger partial charge in [0, 0.05) is 13.1 Å². The van der Waals surface area contributed by atoms with Gasteiger partial charge in [0.15, 0.2) is 5.03 Å². The van der Waals surface area contributed by atoms with Gasteiger partial charge >= 0.3 is 0 Å². The minimum Gasteiger partial charge on any atom is -0.316 e. The Morgan fingerprint density at radius 2 is 2.18 bits per heavy atom. The predicted octanol–water partition coefficient (Wildman–Crippen LogP) is -0.430. The van der Waals surface area contributed by atoms with Crippen LogP contribution in [0.3, 0.4) is 0 Å². The van der Waals surface area contributed by atoms with E-state index >= 15 is 0 Å². The number of sulfonamides is 1. The van der Waals surface area contributed by atoms with Crippen LogP contribution >= 0.6 is 11.6 Å². The Hall–Kier alpha value is -0.630. The van der Waals surface area contributed by atoms with Crippen LogP contribution in [0, 0.1) is 11.8 Å². The monoisotopic (exact) mass is 276 g/mol. The Balaban J connectivity index is 1.83. The second kappa shape index (κ2) is 3.68. The lowest BCUT2D eigenvalue weighted by Crippen LogP contribution is -2.33. The molecule has 2 aliphatic rings. The molecule has 2 atom stereocenters. The van der Waals surface area contributed by atoms with Gasteiger partial charge in [-0.15, -0.1) is 0 Å². The highest BCUT2D eigenvalue weighted by Crippen LogP contribution is 2.42. The molecule has 0 amide bonds. The summed E-state index contributed by atoms with van der Waals surface area (Å²) in [6.07, 6.45) is 1.34. The predicted molar refractivity (Wildman–Crippen MR) is 62.2 cm³/mol. The molecule has 94 valence electrons. The summed E-state index contributed by atoms with van der Waals surface area (Å²) < 4.78 is 28.3. The van der Waals surface area contributed by atoms with Gasteiger partial charge < -0.3 is 5.32 Å². The first kappa shape index (κ1) is 11.5. The van der Waals surface area contributed by atoms with Crippen molar-refractivity contribution < 1.29 is 8.42 Å². The van der Waals surface area contributed by atoms with E-state index in [1.165, 1.54) is 10.9 Å². The van der Waals surface area contributed by atoms with E-state index in [0.717, 1.165) is 13.1 Å². The van der Waals surface area contributed by atoms with E-state index in [1.807, 2.05) is 0 Å². The Labute approximate surface area is 104 Å². The number of hydrogen-bond donors (Lipinski definition) is 2. The normalized spacial score (nSPS) is 31.5. The van der Waals surface area contributed by atoms with Crippen molar-refractivity contribution in [2.75, 3.05) is 13.1 Å². The molecule has 2 fully saturated rings. The van der Waals surface area contributed by atoms with E-state index in [0.29, 0.717) is 11.8 Å². The SMILES string of the molecule is Cn1ncc(Cl)c1S(=O)(=O)NC1C2CNCC21. The molecule has 1 saturated heterocycles. The molecule has 3 rings (SSSR count).